The SMILES string of the molecule is CCCN(CCCC(=O)[C@H]1CC1c1cccc(C)c1)c1cc(I)ccc1C(F)(F)F. The number of ketones is 1. The number of rotatable bonds is 9. The van der Waals surface area contributed by atoms with Crippen LogP contribution in [0.25, 0.3) is 0 Å². The Morgan fingerprint density at radius 2 is 1.93 bits per heavy atom. The number of benzene rings is 2. The molecule has 1 saturated carbocycles. The molecule has 0 N–H and O–H groups in total. The van der Waals surface area contributed by atoms with E-state index in [0.29, 0.717) is 31.8 Å². The fourth-order valence-corrected chi connectivity index (χ4v) is 4.55. The van der Waals surface area contributed by atoms with Gasteiger partial charge in [0.15, 0.2) is 0 Å². The molecule has 30 heavy (non-hydrogen) atoms. The number of carbonyl (C=O) groups excluding carboxylic acids is 1. The maximum absolute atomic E-state index is 13.5. The van der Waals surface area contributed by atoms with Crippen LogP contribution in [0.1, 0.15) is 55.2 Å². The topological polar surface area (TPSA) is 20.3 Å². The van der Waals surface area contributed by atoms with Gasteiger partial charge in [0.2, 0.25) is 0 Å². The lowest BCUT2D eigenvalue weighted by Crippen LogP contribution is -2.28. The number of alkyl halides is 3. The Kier molecular flexibility index (Phi) is 7.47. The van der Waals surface area contributed by atoms with Gasteiger partial charge in [-0.2, -0.15) is 13.2 Å². The Labute approximate surface area is 190 Å². The maximum Gasteiger partial charge on any atom is 0.418 e. The van der Waals surface area contributed by atoms with E-state index < -0.39 is 11.7 Å². The quantitative estimate of drug-likeness (QED) is 0.327. The van der Waals surface area contributed by atoms with Gasteiger partial charge in [-0.25, -0.2) is 0 Å². The van der Waals surface area contributed by atoms with Crippen molar-refractivity contribution in [3.05, 3.63) is 62.7 Å². The van der Waals surface area contributed by atoms with Gasteiger partial charge in [0.25, 0.3) is 0 Å². The van der Waals surface area contributed by atoms with Crippen LogP contribution in [0.2, 0.25) is 0 Å². The predicted octanol–water partition coefficient (Wildman–Crippen LogP) is 6.99. The van der Waals surface area contributed by atoms with Crippen molar-refractivity contribution >= 4 is 34.1 Å². The van der Waals surface area contributed by atoms with Crippen LogP contribution in [-0.2, 0) is 11.0 Å². The fraction of sp³-hybridized carbons (Fsp3) is 0.458. The van der Waals surface area contributed by atoms with Gasteiger partial charge in [0.05, 0.1) is 5.56 Å². The van der Waals surface area contributed by atoms with Gasteiger partial charge in [-0.05, 0) is 78.5 Å². The molecule has 2 aromatic rings. The molecule has 1 fully saturated rings. The van der Waals surface area contributed by atoms with Crippen molar-refractivity contribution in [1.82, 2.24) is 0 Å². The summed E-state index contributed by atoms with van der Waals surface area (Å²) in [7, 11) is 0. The minimum atomic E-state index is -4.39. The predicted molar refractivity (Wildman–Crippen MR) is 123 cm³/mol. The molecule has 0 radical (unpaired) electrons. The van der Waals surface area contributed by atoms with Crippen LogP contribution in [0.5, 0.6) is 0 Å². The molecule has 0 spiro atoms. The fourth-order valence-electron chi connectivity index (χ4n) is 4.08. The molecule has 0 amide bonds. The molecule has 0 aromatic heterocycles. The molecule has 0 heterocycles. The Balaban J connectivity index is 1.61. The Morgan fingerprint density at radius 3 is 2.60 bits per heavy atom. The molecule has 2 atom stereocenters. The first kappa shape index (κ1) is 23.1. The van der Waals surface area contributed by atoms with Crippen molar-refractivity contribution < 1.29 is 18.0 Å². The molecular formula is C24H27F3INO. The van der Waals surface area contributed by atoms with Crippen LogP contribution < -0.4 is 4.90 Å². The molecule has 162 valence electrons. The highest BCUT2D eigenvalue weighted by molar-refractivity contribution is 14.1. The van der Waals surface area contributed by atoms with E-state index in [1.54, 1.807) is 11.0 Å². The van der Waals surface area contributed by atoms with Crippen LogP contribution in [0, 0.1) is 16.4 Å². The summed E-state index contributed by atoms with van der Waals surface area (Å²) in [6.07, 6.45) is -1.78. The molecule has 6 heteroatoms. The number of Topliss-reactive ketones (excluding diaryl/α,β-unsaturated/α-hetero) is 1. The van der Waals surface area contributed by atoms with E-state index >= 15 is 0 Å². The van der Waals surface area contributed by atoms with Crippen LogP contribution in [0.4, 0.5) is 18.9 Å². The number of hydrogen-bond donors (Lipinski definition) is 0. The zero-order chi connectivity index (χ0) is 21.9. The Bertz CT molecular complexity index is 896. The summed E-state index contributed by atoms with van der Waals surface area (Å²) in [5.74, 6) is 0.600. The number of halogens is 4. The van der Waals surface area contributed by atoms with E-state index in [1.165, 1.54) is 17.2 Å². The summed E-state index contributed by atoms with van der Waals surface area (Å²) in [5.41, 5.74) is 2.02. The standard InChI is InChI=1S/C24H27F3INO/c1-3-11-29(22-14-18(28)9-10-21(22)24(25,26)27)12-5-8-23(30)20-15-19(20)17-7-4-6-16(2)13-17/h4,6-7,9-10,13-14,19-20H,3,5,8,11-12,15H2,1-2H3/t19?,20-/m0/s1. The third-order valence-electron chi connectivity index (χ3n) is 5.62. The highest BCUT2D eigenvalue weighted by atomic mass is 127. The van der Waals surface area contributed by atoms with Crippen molar-refractivity contribution in [2.24, 2.45) is 5.92 Å². The van der Waals surface area contributed by atoms with E-state index in [0.717, 1.165) is 22.5 Å². The summed E-state index contributed by atoms with van der Waals surface area (Å²) in [6.45, 7) is 4.98. The summed E-state index contributed by atoms with van der Waals surface area (Å²) in [5, 5.41) is 0. The lowest BCUT2D eigenvalue weighted by molar-refractivity contribution is -0.137. The van der Waals surface area contributed by atoms with Crippen molar-refractivity contribution in [2.75, 3.05) is 18.0 Å². The first-order chi connectivity index (χ1) is 14.2. The van der Waals surface area contributed by atoms with Gasteiger partial charge in [-0.3, -0.25) is 4.79 Å². The maximum atomic E-state index is 13.5. The molecule has 0 bridgehead atoms. The second kappa shape index (κ2) is 9.71. The zero-order valence-electron chi connectivity index (χ0n) is 17.3. The van der Waals surface area contributed by atoms with Crippen LogP contribution in [-0.4, -0.2) is 18.9 Å². The van der Waals surface area contributed by atoms with Gasteiger partial charge in [0, 0.05) is 34.7 Å². The van der Waals surface area contributed by atoms with E-state index in [9.17, 15) is 18.0 Å². The van der Waals surface area contributed by atoms with Crippen LogP contribution in [0.15, 0.2) is 42.5 Å². The second-order valence-corrected chi connectivity index (χ2v) is 9.32. The highest BCUT2D eigenvalue weighted by Crippen LogP contribution is 2.48. The van der Waals surface area contributed by atoms with Gasteiger partial charge < -0.3 is 4.90 Å². The largest absolute Gasteiger partial charge is 0.418 e. The van der Waals surface area contributed by atoms with Crippen LogP contribution in [0.3, 0.4) is 0 Å². The summed E-state index contributed by atoms with van der Waals surface area (Å²) >= 11 is 2.04. The number of carbonyl (C=O) groups is 1. The smallest absolute Gasteiger partial charge is 0.371 e. The molecule has 0 saturated heterocycles. The first-order valence-corrected chi connectivity index (χ1v) is 11.5. The minimum Gasteiger partial charge on any atom is -0.371 e. The van der Waals surface area contributed by atoms with Gasteiger partial charge in [0.1, 0.15) is 5.78 Å². The van der Waals surface area contributed by atoms with Crippen molar-refractivity contribution in [2.45, 2.75) is 51.6 Å². The number of hydrogen-bond acceptors (Lipinski definition) is 2. The number of nitrogens with zero attached hydrogens (tertiary/aromatic N) is 1. The second-order valence-electron chi connectivity index (χ2n) is 8.08. The number of anilines is 1. The molecule has 3 rings (SSSR count). The van der Waals surface area contributed by atoms with Gasteiger partial charge in [-0.1, -0.05) is 36.8 Å². The van der Waals surface area contributed by atoms with E-state index in [2.05, 4.69) is 12.1 Å². The van der Waals surface area contributed by atoms with Gasteiger partial charge in [-0.15, -0.1) is 0 Å². The average Bonchev–Trinajstić information content (AvgIpc) is 3.47. The Morgan fingerprint density at radius 1 is 1.17 bits per heavy atom. The molecule has 2 nitrogen and oxygen atoms in total. The van der Waals surface area contributed by atoms with Crippen molar-refractivity contribution in [1.29, 1.82) is 0 Å². The first-order valence-electron chi connectivity index (χ1n) is 10.4. The average molecular weight is 529 g/mol. The normalized spacial score (nSPS) is 18.3. The Hall–Kier alpha value is -1.57. The molecular weight excluding hydrogens is 502 g/mol. The molecule has 2 aromatic carbocycles. The lowest BCUT2D eigenvalue weighted by atomic mass is 10.0. The van der Waals surface area contributed by atoms with Crippen LogP contribution >= 0.6 is 22.6 Å². The summed E-state index contributed by atoms with van der Waals surface area (Å²) in [4.78, 5) is 14.4. The van der Waals surface area contributed by atoms with E-state index in [-0.39, 0.29) is 17.4 Å². The van der Waals surface area contributed by atoms with E-state index in [1.807, 2.05) is 48.6 Å². The third-order valence-corrected chi connectivity index (χ3v) is 6.30. The molecule has 1 aliphatic carbocycles. The number of aryl methyl sites for hydroxylation is 1. The zero-order valence-corrected chi connectivity index (χ0v) is 19.5. The van der Waals surface area contributed by atoms with E-state index in [4.69, 9.17) is 0 Å². The lowest BCUT2D eigenvalue weighted by Gasteiger charge is -2.27. The summed E-state index contributed by atoms with van der Waals surface area (Å²) < 4.78 is 41.3. The molecule has 1 unspecified atom stereocenters. The monoisotopic (exact) mass is 529 g/mol. The van der Waals surface area contributed by atoms with Crippen molar-refractivity contribution in [3.8, 4) is 0 Å². The van der Waals surface area contributed by atoms with Gasteiger partial charge >= 0.3 is 6.18 Å². The minimum absolute atomic E-state index is 0.0647. The highest BCUT2D eigenvalue weighted by Gasteiger charge is 2.43. The molecule has 1 aliphatic rings. The summed E-state index contributed by atoms with van der Waals surface area (Å²) in [6, 6.07) is 12.5. The third kappa shape index (κ3) is 5.77. The molecule has 0 aliphatic heterocycles. The van der Waals surface area contributed by atoms with Crippen molar-refractivity contribution in [3.63, 3.8) is 0 Å².